The molecule has 0 aromatic carbocycles. The third kappa shape index (κ3) is 4.56. The van der Waals surface area contributed by atoms with Crippen molar-refractivity contribution in [1.29, 1.82) is 0 Å². The van der Waals surface area contributed by atoms with E-state index in [-0.39, 0.29) is 6.03 Å². The molecule has 7 nitrogen and oxygen atoms in total. The molecule has 2 saturated heterocycles. The van der Waals surface area contributed by atoms with Crippen LogP contribution in [0.15, 0.2) is 18.3 Å². The number of pyridine rings is 1. The van der Waals surface area contributed by atoms with Crippen LogP contribution in [0.25, 0.3) is 0 Å². The third-order valence-electron chi connectivity index (χ3n) is 4.19. The SMILES string of the molecule is O=C(NCc1cccnc1N1CCOCC1)NC[C@H]1CCOC1. The van der Waals surface area contributed by atoms with Crippen LogP contribution < -0.4 is 15.5 Å². The van der Waals surface area contributed by atoms with Crippen molar-refractivity contribution in [3.8, 4) is 0 Å². The summed E-state index contributed by atoms with van der Waals surface area (Å²) < 4.78 is 10.7. The van der Waals surface area contributed by atoms with Crippen LogP contribution in [0.5, 0.6) is 0 Å². The monoisotopic (exact) mass is 320 g/mol. The second kappa shape index (κ2) is 8.12. The average Bonchev–Trinajstić information content (AvgIpc) is 3.13. The third-order valence-corrected chi connectivity index (χ3v) is 4.19. The van der Waals surface area contributed by atoms with Crippen LogP contribution in [-0.4, -0.2) is 57.1 Å². The second-order valence-electron chi connectivity index (χ2n) is 5.88. The van der Waals surface area contributed by atoms with Crippen molar-refractivity contribution >= 4 is 11.8 Å². The summed E-state index contributed by atoms with van der Waals surface area (Å²) in [5.41, 5.74) is 1.02. The van der Waals surface area contributed by atoms with Gasteiger partial charge in [0.25, 0.3) is 0 Å². The molecule has 0 bridgehead atoms. The summed E-state index contributed by atoms with van der Waals surface area (Å²) in [5.74, 6) is 1.36. The van der Waals surface area contributed by atoms with Gasteiger partial charge in [-0.05, 0) is 12.5 Å². The van der Waals surface area contributed by atoms with E-state index in [2.05, 4.69) is 20.5 Å². The molecule has 0 unspecified atom stereocenters. The molecule has 7 heteroatoms. The van der Waals surface area contributed by atoms with Gasteiger partial charge in [-0.3, -0.25) is 0 Å². The maximum atomic E-state index is 11.9. The number of hydrogen-bond donors (Lipinski definition) is 2. The van der Waals surface area contributed by atoms with Crippen LogP contribution in [-0.2, 0) is 16.0 Å². The van der Waals surface area contributed by atoms with E-state index in [0.717, 1.165) is 44.1 Å². The Kier molecular flexibility index (Phi) is 5.65. The summed E-state index contributed by atoms with van der Waals surface area (Å²) in [6, 6.07) is 3.76. The Morgan fingerprint density at radius 1 is 1.26 bits per heavy atom. The van der Waals surface area contributed by atoms with Gasteiger partial charge in [-0.1, -0.05) is 6.07 Å². The van der Waals surface area contributed by atoms with Crippen LogP contribution >= 0.6 is 0 Å². The first kappa shape index (κ1) is 16.0. The first-order valence-corrected chi connectivity index (χ1v) is 8.19. The van der Waals surface area contributed by atoms with Gasteiger partial charge in [0.2, 0.25) is 0 Å². The summed E-state index contributed by atoms with van der Waals surface area (Å²) in [5, 5.41) is 5.82. The van der Waals surface area contributed by atoms with Crippen molar-refractivity contribution in [2.24, 2.45) is 5.92 Å². The lowest BCUT2D eigenvalue weighted by molar-refractivity contribution is 0.122. The van der Waals surface area contributed by atoms with Gasteiger partial charge in [-0.15, -0.1) is 0 Å². The molecule has 1 aromatic heterocycles. The largest absolute Gasteiger partial charge is 0.381 e. The normalized spacial score (nSPS) is 21.2. The Hall–Kier alpha value is -1.86. The molecule has 2 N–H and O–H groups in total. The van der Waals surface area contributed by atoms with E-state index in [4.69, 9.17) is 9.47 Å². The standard InChI is InChI=1S/C16H24N4O3/c21-16(18-10-13-3-7-23-12-13)19-11-14-2-1-4-17-15(14)20-5-8-22-9-6-20/h1-2,4,13H,3,5-12H2,(H2,18,19,21)/t13-/m1/s1. The number of rotatable bonds is 5. The lowest BCUT2D eigenvalue weighted by atomic mass is 10.1. The van der Waals surface area contributed by atoms with Crippen LogP contribution in [0.3, 0.4) is 0 Å². The lowest BCUT2D eigenvalue weighted by Crippen LogP contribution is -2.40. The van der Waals surface area contributed by atoms with Crippen molar-refractivity contribution in [1.82, 2.24) is 15.6 Å². The molecule has 3 rings (SSSR count). The zero-order chi connectivity index (χ0) is 15.9. The number of amides is 2. The number of carbonyl (C=O) groups excluding carboxylic acids is 1. The predicted octanol–water partition coefficient (Wildman–Crippen LogP) is 0.754. The highest BCUT2D eigenvalue weighted by molar-refractivity contribution is 5.74. The van der Waals surface area contributed by atoms with Gasteiger partial charge in [-0.2, -0.15) is 0 Å². The molecule has 1 aromatic rings. The number of hydrogen-bond acceptors (Lipinski definition) is 5. The fourth-order valence-electron chi connectivity index (χ4n) is 2.85. The predicted molar refractivity (Wildman–Crippen MR) is 86.4 cm³/mol. The smallest absolute Gasteiger partial charge is 0.315 e. The molecule has 0 aliphatic carbocycles. The lowest BCUT2D eigenvalue weighted by Gasteiger charge is -2.29. The molecule has 3 heterocycles. The zero-order valence-electron chi connectivity index (χ0n) is 13.3. The molecule has 126 valence electrons. The fraction of sp³-hybridized carbons (Fsp3) is 0.625. The van der Waals surface area contributed by atoms with Gasteiger partial charge < -0.3 is 25.0 Å². The van der Waals surface area contributed by atoms with E-state index in [0.29, 0.717) is 32.2 Å². The van der Waals surface area contributed by atoms with E-state index in [1.54, 1.807) is 6.20 Å². The van der Waals surface area contributed by atoms with Crippen molar-refractivity contribution in [2.75, 3.05) is 51.0 Å². The fourth-order valence-corrected chi connectivity index (χ4v) is 2.85. The minimum absolute atomic E-state index is 0.145. The summed E-state index contributed by atoms with van der Waals surface area (Å²) in [6.07, 6.45) is 2.80. The van der Waals surface area contributed by atoms with E-state index >= 15 is 0 Å². The molecule has 0 spiro atoms. The maximum Gasteiger partial charge on any atom is 0.315 e. The first-order chi connectivity index (χ1) is 11.3. The highest BCUT2D eigenvalue weighted by atomic mass is 16.5. The van der Waals surface area contributed by atoms with E-state index in [9.17, 15) is 4.79 Å². The Bertz CT molecular complexity index is 514. The van der Waals surface area contributed by atoms with Gasteiger partial charge in [0, 0.05) is 50.5 Å². The number of anilines is 1. The van der Waals surface area contributed by atoms with Crippen LogP contribution in [0.2, 0.25) is 0 Å². The number of urea groups is 1. The van der Waals surface area contributed by atoms with Gasteiger partial charge in [-0.25, -0.2) is 9.78 Å². The van der Waals surface area contributed by atoms with E-state index in [1.807, 2.05) is 12.1 Å². The Morgan fingerprint density at radius 3 is 2.91 bits per heavy atom. The number of aromatic nitrogens is 1. The number of nitrogens with one attached hydrogen (secondary N) is 2. The highest BCUT2D eigenvalue weighted by Gasteiger charge is 2.18. The molecule has 2 amide bonds. The zero-order valence-corrected chi connectivity index (χ0v) is 13.3. The van der Waals surface area contributed by atoms with Crippen molar-refractivity contribution in [3.05, 3.63) is 23.9 Å². The van der Waals surface area contributed by atoms with Gasteiger partial charge in [0.15, 0.2) is 0 Å². The molecule has 0 radical (unpaired) electrons. The van der Waals surface area contributed by atoms with Gasteiger partial charge in [0.05, 0.1) is 19.8 Å². The van der Waals surface area contributed by atoms with E-state index < -0.39 is 0 Å². The number of morpholine rings is 1. The van der Waals surface area contributed by atoms with Crippen LogP contribution in [0.1, 0.15) is 12.0 Å². The second-order valence-corrected chi connectivity index (χ2v) is 5.88. The number of carbonyl (C=O) groups is 1. The van der Waals surface area contributed by atoms with E-state index in [1.165, 1.54) is 0 Å². The highest BCUT2D eigenvalue weighted by Crippen LogP contribution is 2.18. The molecular formula is C16H24N4O3. The van der Waals surface area contributed by atoms with Crippen LogP contribution in [0.4, 0.5) is 10.6 Å². The summed E-state index contributed by atoms with van der Waals surface area (Å²) in [7, 11) is 0. The van der Waals surface area contributed by atoms with Crippen molar-refractivity contribution in [2.45, 2.75) is 13.0 Å². The average molecular weight is 320 g/mol. The quantitative estimate of drug-likeness (QED) is 0.837. The number of ether oxygens (including phenoxy) is 2. The topological polar surface area (TPSA) is 75.7 Å². The van der Waals surface area contributed by atoms with Crippen LogP contribution in [0, 0.1) is 5.92 Å². The first-order valence-electron chi connectivity index (χ1n) is 8.19. The summed E-state index contributed by atoms with van der Waals surface area (Å²) >= 11 is 0. The number of nitrogens with zero attached hydrogens (tertiary/aromatic N) is 2. The summed E-state index contributed by atoms with van der Waals surface area (Å²) in [4.78, 5) is 18.6. The van der Waals surface area contributed by atoms with Crippen molar-refractivity contribution < 1.29 is 14.3 Å². The molecule has 0 saturated carbocycles. The Morgan fingerprint density at radius 2 is 2.13 bits per heavy atom. The van der Waals surface area contributed by atoms with Gasteiger partial charge >= 0.3 is 6.03 Å². The molecular weight excluding hydrogens is 296 g/mol. The van der Waals surface area contributed by atoms with Gasteiger partial charge in [0.1, 0.15) is 5.82 Å². The molecule has 23 heavy (non-hydrogen) atoms. The molecule has 2 aliphatic rings. The minimum atomic E-state index is -0.145. The molecule has 1 atom stereocenters. The Balaban J connectivity index is 1.50. The summed E-state index contributed by atoms with van der Waals surface area (Å²) in [6.45, 7) is 5.76. The van der Waals surface area contributed by atoms with Crippen molar-refractivity contribution in [3.63, 3.8) is 0 Å². The Labute approximate surface area is 136 Å². The molecule has 2 fully saturated rings. The minimum Gasteiger partial charge on any atom is -0.381 e. The maximum absolute atomic E-state index is 11.9. The molecule has 2 aliphatic heterocycles.